The number of rotatable bonds is 6. The van der Waals surface area contributed by atoms with Crippen molar-refractivity contribution in [2.75, 3.05) is 0 Å². The third-order valence-electron chi connectivity index (χ3n) is 5.17. The summed E-state index contributed by atoms with van der Waals surface area (Å²) in [7, 11) is 0. The first-order valence-corrected chi connectivity index (χ1v) is 9.27. The average molecular weight is 411 g/mol. The molecule has 1 N–H and O–H groups in total. The lowest BCUT2D eigenvalue weighted by Crippen LogP contribution is -2.38. The molecule has 0 saturated carbocycles. The van der Waals surface area contributed by atoms with Crippen LogP contribution in [0, 0.1) is 18.6 Å². The Kier molecular flexibility index (Phi) is 5.13. The molecule has 0 aliphatic carbocycles. The molecule has 9 heteroatoms. The number of aromatic nitrogens is 5. The third kappa shape index (κ3) is 3.71. The molecule has 2 heterocycles. The Balaban J connectivity index is 1.72. The molecule has 2 aromatic carbocycles. The maximum Gasteiger partial charge on any atom is 0.247 e. The molecule has 4 rings (SSSR count). The van der Waals surface area contributed by atoms with Gasteiger partial charge in [-0.3, -0.25) is 0 Å². The first-order valence-electron chi connectivity index (χ1n) is 9.27. The van der Waals surface area contributed by atoms with Crippen molar-refractivity contribution in [3.63, 3.8) is 0 Å². The molecule has 0 fully saturated rings. The highest BCUT2D eigenvalue weighted by Gasteiger charge is 2.40. The van der Waals surface area contributed by atoms with Gasteiger partial charge in [0.2, 0.25) is 11.8 Å². The number of hydrogen-bond acceptors (Lipinski definition) is 6. The summed E-state index contributed by atoms with van der Waals surface area (Å²) in [5, 5.41) is 23.5. The van der Waals surface area contributed by atoms with Crippen LogP contribution in [0.3, 0.4) is 0 Å². The first kappa shape index (κ1) is 19.8. The quantitative estimate of drug-likeness (QED) is 0.521. The van der Waals surface area contributed by atoms with E-state index in [2.05, 4.69) is 20.3 Å². The van der Waals surface area contributed by atoms with Gasteiger partial charge in [0.25, 0.3) is 0 Å². The molecule has 4 aromatic rings. The fourth-order valence-corrected chi connectivity index (χ4v) is 3.46. The van der Waals surface area contributed by atoms with Crippen LogP contribution in [-0.4, -0.2) is 30.1 Å². The summed E-state index contributed by atoms with van der Waals surface area (Å²) in [4.78, 5) is 3.88. The minimum Gasteiger partial charge on any atom is -0.421 e. The zero-order valence-corrected chi connectivity index (χ0v) is 16.3. The molecule has 0 radical (unpaired) electrons. The van der Waals surface area contributed by atoms with Crippen LogP contribution in [0.25, 0.3) is 11.5 Å². The Morgan fingerprint density at radius 2 is 1.90 bits per heavy atom. The molecule has 0 spiro atoms. The van der Waals surface area contributed by atoms with Gasteiger partial charge in [0.1, 0.15) is 29.9 Å². The van der Waals surface area contributed by atoms with Crippen molar-refractivity contribution >= 4 is 0 Å². The molecule has 30 heavy (non-hydrogen) atoms. The Hall–Kier alpha value is -3.46. The fourth-order valence-electron chi connectivity index (χ4n) is 3.46. The monoisotopic (exact) mass is 411 g/mol. The van der Waals surface area contributed by atoms with E-state index in [1.165, 1.54) is 23.4 Å². The van der Waals surface area contributed by atoms with Crippen molar-refractivity contribution in [2.45, 2.75) is 31.9 Å². The molecule has 0 aliphatic heterocycles. The Morgan fingerprint density at radius 1 is 1.13 bits per heavy atom. The van der Waals surface area contributed by atoms with Crippen molar-refractivity contribution in [2.24, 2.45) is 0 Å². The van der Waals surface area contributed by atoms with Gasteiger partial charge in [0.05, 0.1) is 6.54 Å². The minimum atomic E-state index is -1.71. The Morgan fingerprint density at radius 3 is 2.50 bits per heavy atom. The molecule has 2 atom stereocenters. The standard InChI is InChI=1S/C21H19F2N5O2/c1-13(15-3-5-16(6-4-15)20-27-26-14(2)30-20)21(29,10-28-12-24-11-25-28)18-8-7-17(22)9-19(18)23/h3-9,11-13,29H,10H2,1-2H3. The largest absolute Gasteiger partial charge is 0.421 e. The summed E-state index contributed by atoms with van der Waals surface area (Å²) < 4.78 is 35.0. The topological polar surface area (TPSA) is 89.9 Å². The first-order chi connectivity index (χ1) is 14.4. The number of aliphatic hydroxyl groups is 1. The maximum atomic E-state index is 14.7. The van der Waals surface area contributed by atoms with Crippen LogP contribution < -0.4 is 0 Å². The van der Waals surface area contributed by atoms with Gasteiger partial charge in [-0.2, -0.15) is 5.10 Å². The van der Waals surface area contributed by atoms with Crippen LogP contribution in [-0.2, 0) is 12.1 Å². The summed E-state index contributed by atoms with van der Waals surface area (Å²) in [5.74, 6) is -1.28. The van der Waals surface area contributed by atoms with Gasteiger partial charge in [-0.25, -0.2) is 18.4 Å². The van der Waals surface area contributed by atoms with E-state index in [1.807, 2.05) is 0 Å². The van der Waals surface area contributed by atoms with Crippen molar-refractivity contribution < 1.29 is 18.3 Å². The number of aryl methyl sites for hydroxylation is 1. The molecule has 7 nitrogen and oxygen atoms in total. The second-order valence-corrected chi connectivity index (χ2v) is 7.11. The second-order valence-electron chi connectivity index (χ2n) is 7.11. The van der Waals surface area contributed by atoms with Crippen molar-refractivity contribution in [3.05, 3.63) is 83.8 Å². The summed E-state index contributed by atoms with van der Waals surface area (Å²) in [6, 6.07) is 10.3. The summed E-state index contributed by atoms with van der Waals surface area (Å²) >= 11 is 0. The van der Waals surface area contributed by atoms with E-state index in [9.17, 15) is 13.9 Å². The van der Waals surface area contributed by atoms with Gasteiger partial charge in [0.15, 0.2) is 0 Å². The van der Waals surface area contributed by atoms with Gasteiger partial charge >= 0.3 is 0 Å². The summed E-state index contributed by atoms with van der Waals surface area (Å²) in [5.41, 5.74) is -0.280. The maximum absolute atomic E-state index is 14.7. The number of halogens is 2. The molecule has 0 bridgehead atoms. The van der Waals surface area contributed by atoms with Gasteiger partial charge in [0, 0.05) is 30.0 Å². The lowest BCUT2D eigenvalue weighted by molar-refractivity contribution is -0.0112. The predicted octanol–water partition coefficient (Wildman–Crippen LogP) is 3.61. The normalized spacial score (nSPS) is 14.4. The lowest BCUT2D eigenvalue weighted by Gasteiger charge is -2.35. The van der Waals surface area contributed by atoms with E-state index in [-0.39, 0.29) is 12.1 Å². The zero-order chi connectivity index (χ0) is 21.3. The smallest absolute Gasteiger partial charge is 0.247 e. The summed E-state index contributed by atoms with van der Waals surface area (Å²) in [6.07, 6.45) is 2.76. The van der Waals surface area contributed by atoms with Gasteiger partial charge in [-0.1, -0.05) is 25.1 Å². The van der Waals surface area contributed by atoms with Crippen LogP contribution in [0.1, 0.15) is 29.9 Å². The number of hydrogen-bond donors (Lipinski definition) is 1. The van der Waals surface area contributed by atoms with E-state index in [4.69, 9.17) is 4.42 Å². The molecule has 2 unspecified atom stereocenters. The third-order valence-corrected chi connectivity index (χ3v) is 5.17. The zero-order valence-electron chi connectivity index (χ0n) is 16.3. The van der Waals surface area contributed by atoms with Crippen LogP contribution in [0.4, 0.5) is 8.78 Å². The SMILES string of the molecule is Cc1nnc(-c2ccc(C(C)C(O)(Cn3cncn3)c3ccc(F)cc3F)cc2)o1. The molecule has 0 saturated heterocycles. The predicted molar refractivity (Wildman–Crippen MR) is 103 cm³/mol. The van der Waals surface area contributed by atoms with E-state index in [0.717, 1.165) is 23.3 Å². The lowest BCUT2D eigenvalue weighted by atomic mass is 9.78. The Labute approximate surface area is 171 Å². The highest BCUT2D eigenvalue weighted by Crippen LogP contribution is 2.40. The van der Waals surface area contributed by atoms with Crippen molar-refractivity contribution in [3.8, 4) is 11.5 Å². The van der Waals surface area contributed by atoms with Crippen molar-refractivity contribution in [1.82, 2.24) is 25.0 Å². The van der Waals surface area contributed by atoms with Gasteiger partial charge in [-0.05, 0) is 23.8 Å². The molecule has 2 aromatic heterocycles. The fraction of sp³-hybridized carbons (Fsp3) is 0.238. The molecular weight excluding hydrogens is 392 g/mol. The number of benzene rings is 2. The van der Waals surface area contributed by atoms with E-state index in [0.29, 0.717) is 11.8 Å². The van der Waals surface area contributed by atoms with E-state index < -0.39 is 23.2 Å². The Bertz CT molecular complexity index is 1140. The van der Waals surface area contributed by atoms with Gasteiger partial charge in [-0.15, -0.1) is 10.2 Å². The molecular formula is C21H19F2N5O2. The highest BCUT2D eigenvalue weighted by atomic mass is 19.1. The number of nitrogens with zero attached hydrogens (tertiary/aromatic N) is 5. The average Bonchev–Trinajstić information content (AvgIpc) is 3.39. The second kappa shape index (κ2) is 7.75. The van der Waals surface area contributed by atoms with Gasteiger partial charge < -0.3 is 9.52 Å². The van der Waals surface area contributed by atoms with Crippen LogP contribution in [0.2, 0.25) is 0 Å². The van der Waals surface area contributed by atoms with Crippen LogP contribution in [0.15, 0.2) is 59.5 Å². The minimum absolute atomic E-state index is 0.0245. The molecule has 0 amide bonds. The van der Waals surface area contributed by atoms with Crippen LogP contribution in [0.5, 0.6) is 0 Å². The van der Waals surface area contributed by atoms with Crippen LogP contribution >= 0.6 is 0 Å². The molecule has 154 valence electrons. The van der Waals surface area contributed by atoms with E-state index in [1.54, 1.807) is 38.1 Å². The highest BCUT2D eigenvalue weighted by molar-refractivity contribution is 5.53. The summed E-state index contributed by atoms with van der Waals surface area (Å²) in [6.45, 7) is 3.40. The molecule has 0 aliphatic rings. The van der Waals surface area contributed by atoms with E-state index >= 15 is 0 Å². The van der Waals surface area contributed by atoms with Crippen molar-refractivity contribution in [1.29, 1.82) is 0 Å².